The zero-order valence-corrected chi connectivity index (χ0v) is 20.1. The van der Waals surface area contributed by atoms with E-state index in [1.54, 1.807) is 0 Å². The number of ether oxygens (including phenoxy) is 6. The molecule has 0 bridgehead atoms. The van der Waals surface area contributed by atoms with Crippen LogP contribution in [0.3, 0.4) is 0 Å². The number of epoxide rings is 2. The molecule has 3 aromatic rings. The first-order valence-corrected chi connectivity index (χ1v) is 12.2. The molecule has 35 heavy (non-hydrogen) atoms. The van der Waals surface area contributed by atoms with E-state index in [0.29, 0.717) is 51.8 Å². The van der Waals surface area contributed by atoms with Crippen LogP contribution in [0.15, 0.2) is 66.7 Å². The van der Waals surface area contributed by atoms with Crippen molar-refractivity contribution >= 4 is 0 Å². The zero-order valence-electron chi connectivity index (χ0n) is 20.1. The maximum atomic E-state index is 5.88. The Morgan fingerprint density at radius 1 is 0.629 bits per heavy atom. The van der Waals surface area contributed by atoms with Gasteiger partial charge in [0.25, 0.3) is 0 Å². The van der Waals surface area contributed by atoms with Crippen LogP contribution in [0.5, 0.6) is 11.5 Å². The molecule has 5 rings (SSSR count). The van der Waals surface area contributed by atoms with Crippen molar-refractivity contribution in [3.63, 3.8) is 0 Å². The van der Waals surface area contributed by atoms with Gasteiger partial charge in [0, 0.05) is 0 Å². The Labute approximate surface area is 206 Å². The number of hydrogen-bond donors (Lipinski definition) is 0. The van der Waals surface area contributed by atoms with Crippen molar-refractivity contribution in [2.45, 2.75) is 19.1 Å². The van der Waals surface area contributed by atoms with Crippen molar-refractivity contribution in [3.8, 4) is 33.8 Å². The van der Waals surface area contributed by atoms with Crippen LogP contribution in [0.25, 0.3) is 22.3 Å². The van der Waals surface area contributed by atoms with Crippen LogP contribution in [-0.4, -0.2) is 65.1 Å². The van der Waals surface area contributed by atoms with Crippen LogP contribution in [-0.2, 0) is 18.9 Å². The summed E-state index contributed by atoms with van der Waals surface area (Å²) in [5.74, 6) is 1.74. The summed E-state index contributed by atoms with van der Waals surface area (Å²) in [6, 6.07) is 23.1. The van der Waals surface area contributed by atoms with Gasteiger partial charge in [0.2, 0.25) is 0 Å². The van der Waals surface area contributed by atoms with E-state index in [2.05, 4.69) is 55.5 Å². The molecule has 6 nitrogen and oxygen atoms in total. The fraction of sp³-hybridized carbons (Fsp3) is 0.379. The zero-order chi connectivity index (χ0) is 23.9. The average Bonchev–Trinajstić information content (AvgIpc) is 3.81. The summed E-state index contributed by atoms with van der Waals surface area (Å²) in [4.78, 5) is 0. The summed E-state index contributed by atoms with van der Waals surface area (Å²) in [7, 11) is 0. The summed E-state index contributed by atoms with van der Waals surface area (Å²) in [6.45, 7) is 7.23. The predicted octanol–water partition coefficient (Wildman–Crippen LogP) is 4.92. The highest BCUT2D eigenvalue weighted by molar-refractivity contribution is 5.71. The van der Waals surface area contributed by atoms with Gasteiger partial charge in [0.05, 0.1) is 39.6 Å². The Morgan fingerprint density at radius 2 is 1.11 bits per heavy atom. The van der Waals surface area contributed by atoms with Gasteiger partial charge in [0.15, 0.2) is 0 Å². The van der Waals surface area contributed by atoms with E-state index in [1.807, 2.05) is 18.2 Å². The Hall–Kier alpha value is -2.90. The maximum Gasteiger partial charge on any atom is 0.122 e. The summed E-state index contributed by atoms with van der Waals surface area (Å²) in [6.07, 6.45) is 0.583. The van der Waals surface area contributed by atoms with Gasteiger partial charge in [0.1, 0.15) is 36.9 Å². The smallest absolute Gasteiger partial charge is 0.122 e. The molecular formula is C29H32O6. The summed E-state index contributed by atoms with van der Waals surface area (Å²) in [5.41, 5.74) is 5.78. The van der Waals surface area contributed by atoms with Crippen LogP contribution in [0.2, 0.25) is 0 Å². The highest BCUT2D eigenvalue weighted by Gasteiger charge is 2.22. The van der Waals surface area contributed by atoms with E-state index in [0.717, 1.165) is 35.8 Å². The van der Waals surface area contributed by atoms with E-state index >= 15 is 0 Å². The molecule has 0 aromatic heterocycles. The normalized spacial score (nSPS) is 18.3. The SMILES string of the molecule is Cc1cc(-c2ccc(-c3ccc(OCCOCC4CO4)cc3)cc2)ccc1OCCOCC1CO1. The molecule has 0 aliphatic carbocycles. The second-order valence-electron chi connectivity index (χ2n) is 8.84. The van der Waals surface area contributed by atoms with Crippen molar-refractivity contribution in [2.75, 3.05) is 52.9 Å². The van der Waals surface area contributed by atoms with Crippen molar-refractivity contribution < 1.29 is 28.4 Å². The Bertz CT molecular complexity index is 1070. The minimum absolute atomic E-state index is 0.291. The van der Waals surface area contributed by atoms with E-state index in [1.165, 1.54) is 16.7 Å². The lowest BCUT2D eigenvalue weighted by molar-refractivity contribution is 0.0876. The molecule has 2 heterocycles. The molecule has 2 fully saturated rings. The van der Waals surface area contributed by atoms with E-state index in [4.69, 9.17) is 28.4 Å². The van der Waals surface area contributed by atoms with Gasteiger partial charge in [-0.3, -0.25) is 0 Å². The fourth-order valence-corrected chi connectivity index (χ4v) is 3.78. The molecule has 2 saturated heterocycles. The predicted molar refractivity (Wildman–Crippen MR) is 134 cm³/mol. The van der Waals surface area contributed by atoms with Crippen LogP contribution in [0, 0.1) is 6.92 Å². The highest BCUT2D eigenvalue weighted by Crippen LogP contribution is 2.29. The number of rotatable bonds is 14. The lowest BCUT2D eigenvalue weighted by Gasteiger charge is -2.12. The molecule has 6 heteroatoms. The van der Waals surface area contributed by atoms with Crippen molar-refractivity contribution in [1.82, 2.24) is 0 Å². The standard InChI is InChI=1S/C29H32O6/c1-21-16-25(8-11-29(21)33-15-13-31-18-28-20-35-28)24-4-2-22(3-5-24)23-6-9-26(10-7-23)32-14-12-30-17-27-19-34-27/h2-11,16,27-28H,12-15,17-20H2,1H3. The third kappa shape index (κ3) is 7.29. The quantitative estimate of drug-likeness (QED) is 0.243. The second kappa shape index (κ2) is 11.7. The minimum atomic E-state index is 0.291. The first-order chi connectivity index (χ1) is 17.2. The molecule has 3 aromatic carbocycles. The van der Waals surface area contributed by atoms with E-state index in [9.17, 15) is 0 Å². The Kier molecular flexibility index (Phi) is 7.96. The third-order valence-electron chi connectivity index (χ3n) is 5.97. The van der Waals surface area contributed by atoms with Gasteiger partial charge < -0.3 is 28.4 Å². The van der Waals surface area contributed by atoms with Gasteiger partial charge in [-0.1, -0.05) is 42.5 Å². The first-order valence-electron chi connectivity index (χ1n) is 12.2. The van der Waals surface area contributed by atoms with Crippen molar-refractivity contribution in [2.24, 2.45) is 0 Å². The van der Waals surface area contributed by atoms with Crippen molar-refractivity contribution in [1.29, 1.82) is 0 Å². The highest BCUT2D eigenvalue weighted by atomic mass is 16.6. The van der Waals surface area contributed by atoms with Crippen LogP contribution < -0.4 is 9.47 Å². The molecule has 184 valence electrons. The molecule has 0 saturated carbocycles. The molecule has 0 N–H and O–H groups in total. The van der Waals surface area contributed by atoms with Gasteiger partial charge in [-0.15, -0.1) is 0 Å². The summed E-state index contributed by atoms with van der Waals surface area (Å²) in [5, 5.41) is 0. The number of aryl methyl sites for hydroxylation is 1. The summed E-state index contributed by atoms with van der Waals surface area (Å²) < 4.78 is 32.9. The molecule has 2 atom stereocenters. The largest absolute Gasteiger partial charge is 0.491 e. The lowest BCUT2D eigenvalue weighted by atomic mass is 9.99. The Balaban J connectivity index is 1.10. The molecule has 2 aliphatic rings. The lowest BCUT2D eigenvalue weighted by Crippen LogP contribution is -2.10. The third-order valence-corrected chi connectivity index (χ3v) is 5.97. The molecule has 0 spiro atoms. The maximum absolute atomic E-state index is 5.88. The minimum Gasteiger partial charge on any atom is -0.491 e. The van der Waals surface area contributed by atoms with Gasteiger partial charge in [-0.2, -0.15) is 0 Å². The molecular weight excluding hydrogens is 444 g/mol. The monoisotopic (exact) mass is 476 g/mol. The van der Waals surface area contributed by atoms with Crippen LogP contribution in [0.4, 0.5) is 0 Å². The van der Waals surface area contributed by atoms with Gasteiger partial charge in [-0.25, -0.2) is 0 Å². The van der Waals surface area contributed by atoms with E-state index in [-0.39, 0.29) is 0 Å². The van der Waals surface area contributed by atoms with Gasteiger partial charge >= 0.3 is 0 Å². The van der Waals surface area contributed by atoms with Crippen LogP contribution in [0.1, 0.15) is 5.56 Å². The van der Waals surface area contributed by atoms with Gasteiger partial charge in [-0.05, 0) is 59.0 Å². The summed E-state index contributed by atoms with van der Waals surface area (Å²) >= 11 is 0. The second-order valence-corrected chi connectivity index (χ2v) is 8.84. The van der Waals surface area contributed by atoms with E-state index < -0.39 is 0 Å². The topological polar surface area (TPSA) is 62.0 Å². The fourth-order valence-electron chi connectivity index (χ4n) is 3.78. The average molecular weight is 477 g/mol. The molecule has 0 radical (unpaired) electrons. The molecule has 2 aliphatic heterocycles. The number of hydrogen-bond acceptors (Lipinski definition) is 6. The first kappa shape index (κ1) is 23.8. The Morgan fingerprint density at radius 3 is 1.66 bits per heavy atom. The van der Waals surface area contributed by atoms with Crippen LogP contribution >= 0.6 is 0 Å². The van der Waals surface area contributed by atoms with Crippen molar-refractivity contribution in [3.05, 3.63) is 72.3 Å². The molecule has 0 amide bonds. The molecule has 2 unspecified atom stereocenters. The number of benzene rings is 3.